The number of aromatic amines is 1. The molecule has 3 N–H and O–H groups in total. The quantitative estimate of drug-likeness (QED) is 0.652. The van der Waals surface area contributed by atoms with Gasteiger partial charge in [0.05, 0.1) is 6.04 Å². The Morgan fingerprint density at radius 2 is 2.00 bits per heavy atom. The lowest BCUT2D eigenvalue weighted by Gasteiger charge is -2.19. The monoisotopic (exact) mass is 340 g/mol. The molecule has 0 aliphatic carbocycles. The van der Waals surface area contributed by atoms with Crippen LogP contribution in [0.2, 0.25) is 5.02 Å². The van der Waals surface area contributed by atoms with Crippen LogP contribution in [0.1, 0.15) is 17.4 Å². The number of imidazole rings is 1. The third kappa shape index (κ3) is 4.36. The van der Waals surface area contributed by atoms with E-state index in [4.69, 9.17) is 11.6 Å². The zero-order valence-electron chi connectivity index (χ0n) is 12.9. The minimum Gasteiger partial charge on any atom is -0.349 e. The summed E-state index contributed by atoms with van der Waals surface area (Å²) in [5.74, 6) is 0.812. The van der Waals surface area contributed by atoms with E-state index >= 15 is 0 Å². The predicted octanol–water partition coefficient (Wildman–Crippen LogP) is 4.17. The van der Waals surface area contributed by atoms with Gasteiger partial charge in [-0.1, -0.05) is 48.0 Å². The third-order valence-electron chi connectivity index (χ3n) is 3.54. The van der Waals surface area contributed by atoms with Crippen molar-refractivity contribution in [2.24, 2.45) is 0 Å². The van der Waals surface area contributed by atoms with Gasteiger partial charge in [0.25, 0.3) is 0 Å². The van der Waals surface area contributed by atoms with Crippen LogP contribution in [0.15, 0.2) is 67.0 Å². The maximum atomic E-state index is 12.3. The van der Waals surface area contributed by atoms with E-state index in [0.29, 0.717) is 17.1 Å². The number of halogens is 1. The highest BCUT2D eigenvalue weighted by Crippen LogP contribution is 2.18. The van der Waals surface area contributed by atoms with Crippen molar-refractivity contribution < 1.29 is 4.79 Å². The van der Waals surface area contributed by atoms with Crippen LogP contribution in [0, 0.1) is 0 Å². The van der Waals surface area contributed by atoms with Crippen LogP contribution in [0.25, 0.3) is 0 Å². The molecule has 24 heavy (non-hydrogen) atoms. The predicted molar refractivity (Wildman–Crippen MR) is 95.1 cm³/mol. The topological polar surface area (TPSA) is 69.8 Å². The Bertz CT molecular complexity index is 790. The van der Waals surface area contributed by atoms with Crippen LogP contribution in [0.5, 0.6) is 0 Å². The number of amides is 2. The molecule has 6 heteroatoms. The smallest absolute Gasteiger partial charge is 0.319 e. The Hall–Kier alpha value is -2.79. The number of H-pyrrole nitrogens is 1. The summed E-state index contributed by atoms with van der Waals surface area (Å²) < 4.78 is 0. The number of hydrogen-bond donors (Lipinski definition) is 3. The molecule has 0 spiro atoms. The summed E-state index contributed by atoms with van der Waals surface area (Å²) in [7, 11) is 0. The number of carbonyl (C=O) groups excluding carboxylic acids is 1. The summed E-state index contributed by atoms with van der Waals surface area (Å²) in [6, 6.07) is 16.3. The lowest BCUT2D eigenvalue weighted by Crippen LogP contribution is -2.33. The van der Waals surface area contributed by atoms with Gasteiger partial charge in [-0.05, 0) is 23.8 Å². The van der Waals surface area contributed by atoms with Crippen molar-refractivity contribution in [3.05, 3.63) is 83.4 Å². The normalized spacial score (nSPS) is 11.7. The van der Waals surface area contributed by atoms with Crippen LogP contribution in [0.4, 0.5) is 10.5 Å². The number of nitrogens with one attached hydrogen (secondary N) is 3. The summed E-state index contributed by atoms with van der Waals surface area (Å²) >= 11 is 5.94. The molecule has 2 aromatic carbocycles. The van der Waals surface area contributed by atoms with E-state index in [1.807, 2.05) is 30.3 Å². The number of anilines is 1. The molecule has 0 unspecified atom stereocenters. The van der Waals surface area contributed by atoms with E-state index in [1.165, 1.54) is 0 Å². The summed E-state index contributed by atoms with van der Waals surface area (Å²) in [6.45, 7) is 0. The highest BCUT2D eigenvalue weighted by atomic mass is 35.5. The molecule has 0 aliphatic heterocycles. The summed E-state index contributed by atoms with van der Waals surface area (Å²) in [5.41, 5.74) is 1.65. The first-order valence-corrected chi connectivity index (χ1v) is 7.95. The molecule has 3 rings (SSSR count). The summed E-state index contributed by atoms with van der Waals surface area (Å²) in [5, 5.41) is 6.36. The molecule has 0 aliphatic rings. The zero-order valence-corrected chi connectivity index (χ0v) is 13.6. The van der Waals surface area contributed by atoms with E-state index in [9.17, 15) is 4.79 Å². The van der Waals surface area contributed by atoms with Crippen molar-refractivity contribution in [1.29, 1.82) is 0 Å². The molecule has 1 heterocycles. The minimum absolute atomic E-state index is 0.198. The van der Waals surface area contributed by atoms with Gasteiger partial charge in [0.15, 0.2) is 0 Å². The average molecular weight is 341 g/mol. The molecule has 3 aromatic rings. The molecule has 1 atom stereocenters. The maximum Gasteiger partial charge on any atom is 0.319 e. The lowest BCUT2D eigenvalue weighted by atomic mass is 10.0. The van der Waals surface area contributed by atoms with Crippen molar-refractivity contribution in [2.45, 2.75) is 12.5 Å². The second kappa shape index (κ2) is 7.66. The van der Waals surface area contributed by atoms with Gasteiger partial charge in [0.2, 0.25) is 0 Å². The Morgan fingerprint density at radius 3 is 2.71 bits per heavy atom. The largest absolute Gasteiger partial charge is 0.349 e. The van der Waals surface area contributed by atoms with E-state index in [-0.39, 0.29) is 12.1 Å². The van der Waals surface area contributed by atoms with Gasteiger partial charge >= 0.3 is 6.03 Å². The standard InChI is InChI=1S/C18H17ClN4O/c19-14-7-4-8-15(11-14)22-18(24)23-16(12-17-20-9-10-21-17)13-5-2-1-3-6-13/h1-11,16H,12H2,(H,20,21)(H2,22,23,24)/t16-/m0/s1. The van der Waals surface area contributed by atoms with Gasteiger partial charge < -0.3 is 15.6 Å². The Kier molecular flexibility index (Phi) is 5.13. The number of carbonyl (C=O) groups is 1. The van der Waals surface area contributed by atoms with Crippen LogP contribution in [-0.4, -0.2) is 16.0 Å². The second-order valence-electron chi connectivity index (χ2n) is 5.31. The van der Waals surface area contributed by atoms with Crippen LogP contribution in [0.3, 0.4) is 0 Å². The molecular formula is C18H17ClN4O. The number of rotatable bonds is 5. The number of urea groups is 1. The molecule has 0 bridgehead atoms. The molecule has 0 saturated carbocycles. The fourth-order valence-corrected chi connectivity index (χ4v) is 2.62. The van der Waals surface area contributed by atoms with Gasteiger partial charge in [-0.25, -0.2) is 9.78 Å². The van der Waals surface area contributed by atoms with Crippen molar-refractivity contribution in [3.8, 4) is 0 Å². The minimum atomic E-state index is -0.294. The van der Waals surface area contributed by atoms with E-state index in [2.05, 4.69) is 20.6 Å². The Labute approximate surface area is 145 Å². The van der Waals surface area contributed by atoms with Gasteiger partial charge in [-0.3, -0.25) is 0 Å². The first-order valence-electron chi connectivity index (χ1n) is 7.57. The maximum absolute atomic E-state index is 12.3. The van der Waals surface area contributed by atoms with E-state index in [1.54, 1.807) is 36.7 Å². The molecular weight excluding hydrogens is 324 g/mol. The van der Waals surface area contributed by atoms with Crippen LogP contribution < -0.4 is 10.6 Å². The highest BCUT2D eigenvalue weighted by molar-refractivity contribution is 6.30. The second-order valence-corrected chi connectivity index (χ2v) is 5.75. The van der Waals surface area contributed by atoms with Crippen LogP contribution in [-0.2, 0) is 6.42 Å². The zero-order chi connectivity index (χ0) is 16.8. The number of hydrogen-bond acceptors (Lipinski definition) is 2. The molecule has 2 amide bonds. The molecule has 0 saturated heterocycles. The fourth-order valence-electron chi connectivity index (χ4n) is 2.43. The van der Waals surface area contributed by atoms with Crippen molar-refractivity contribution in [2.75, 3.05) is 5.32 Å². The van der Waals surface area contributed by atoms with Gasteiger partial charge in [0.1, 0.15) is 5.82 Å². The van der Waals surface area contributed by atoms with E-state index in [0.717, 1.165) is 11.4 Å². The molecule has 0 radical (unpaired) electrons. The third-order valence-corrected chi connectivity index (χ3v) is 3.78. The Morgan fingerprint density at radius 1 is 1.17 bits per heavy atom. The molecule has 1 aromatic heterocycles. The number of aromatic nitrogens is 2. The lowest BCUT2D eigenvalue weighted by molar-refractivity contribution is 0.248. The van der Waals surface area contributed by atoms with Crippen LogP contribution >= 0.6 is 11.6 Å². The highest BCUT2D eigenvalue weighted by Gasteiger charge is 2.16. The molecule has 5 nitrogen and oxygen atoms in total. The number of benzene rings is 2. The van der Waals surface area contributed by atoms with Gasteiger partial charge in [-0.15, -0.1) is 0 Å². The van der Waals surface area contributed by atoms with Crippen molar-refractivity contribution >= 4 is 23.3 Å². The fraction of sp³-hybridized carbons (Fsp3) is 0.111. The molecule has 122 valence electrons. The van der Waals surface area contributed by atoms with Gasteiger partial charge in [0, 0.05) is 29.5 Å². The summed E-state index contributed by atoms with van der Waals surface area (Å²) in [6.07, 6.45) is 4.03. The van der Waals surface area contributed by atoms with Crippen molar-refractivity contribution in [1.82, 2.24) is 15.3 Å². The first-order chi connectivity index (χ1) is 11.7. The molecule has 0 fully saturated rings. The van der Waals surface area contributed by atoms with Gasteiger partial charge in [-0.2, -0.15) is 0 Å². The number of nitrogens with zero attached hydrogens (tertiary/aromatic N) is 1. The average Bonchev–Trinajstić information content (AvgIpc) is 3.08. The van der Waals surface area contributed by atoms with E-state index < -0.39 is 0 Å². The summed E-state index contributed by atoms with van der Waals surface area (Å²) in [4.78, 5) is 19.6. The SMILES string of the molecule is O=C(Nc1cccc(Cl)c1)N[C@@H](Cc1ncc[nH]1)c1ccccc1. The Balaban J connectivity index is 1.72. The van der Waals surface area contributed by atoms with Crippen molar-refractivity contribution in [3.63, 3.8) is 0 Å². The first kappa shape index (κ1) is 16.1.